The van der Waals surface area contributed by atoms with Crippen molar-refractivity contribution in [3.05, 3.63) is 33.9 Å². The number of nitrogens with zero attached hydrogens (tertiary/aromatic N) is 2. The summed E-state index contributed by atoms with van der Waals surface area (Å²) >= 11 is 3.50. The molecule has 0 saturated carbocycles. The van der Waals surface area contributed by atoms with Gasteiger partial charge in [0.1, 0.15) is 0 Å². The van der Waals surface area contributed by atoms with Crippen LogP contribution in [-0.4, -0.2) is 23.3 Å². The van der Waals surface area contributed by atoms with Crippen LogP contribution in [0, 0.1) is 6.92 Å². The maximum atomic E-state index is 5.83. The molecule has 2 rings (SSSR count). The molecule has 1 heterocycles. The highest BCUT2D eigenvalue weighted by Crippen LogP contribution is 2.37. The summed E-state index contributed by atoms with van der Waals surface area (Å²) in [5, 5.41) is 3.72. The number of methoxy groups -OCH3 is 1. The molecule has 0 fully saturated rings. The second kappa shape index (κ2) is 6.91. The maximum Gasteiger partial charge on any atom is 0.264 e. The zero-order valence-electron chi connectivity index (χ0n) is 12.2. The van der Waals surface area contributed by atoms with Crippen molar-refractivity contribution < 1.29 is 14.0 Å². The number of nitrogens with two attached hydrogens (primary N) is 1. The van der Waals surface area contributed by atoms with Gasteiger partial charge in [-0.15, -0.1) is 0 Å². The first kappa shape index (κ1) is 15.8. The molecule has 0 spiro atoms. The Kier molecular flexibility index (Phi) is 5.19. The molecule has 0 amide bonds. The van der Waals surface area contributed by atoms with Gasteiger partial charge < -0.3 is 19.7 Å². The van der Waals surface area contributed by atoms with Crippen LogP contribution in [-0.2, 0) is 13.0 Å². The zero-order chi connectivity index (χ0) is 15.4. The maximum absolute atomic E-state index is 5.83. The lowest BCUT2D eigenvalue weighted by Crippen LogP contribution is -2.17. The topological polar surface area (TPSA) is 83.4 Å². The summed E-state index contributed by atoms with van der Waals surface area (Å²) < 4.78 is 16.9. The monoisotopic (exact) mass is 355 g/mol. The van der Waals surface area contributed by atoms with E-state index in [1.54, 1.807) is 14.0 Å². The molecular formula is C14H18BrN3O3. The molecule has 0 radical (unpaired) electrons. The standard InChI is InChI=1S/C14H18BrN3O3/c1-8(16)4-10-5-11(15)14(12(6-10)19-3)20-7-13-17-9(2)18-21-13/h5-6,8H,4,7,16H2,1-3H3. The quantitative estimate of drug-likeness (QED) is 0.857. The lowest BCUT2D eigenvalue weighted by Gasteiger charge is -2.14. The first-order valence-electron chi connectivity index (χ1n) is 6.53. The summed E-state index contributed by atoms with van der Waals surface area (Å²) in [4.78, 5) is 4.09. The Morgan fingerprint density at radius 1 is 1.43 bits per heavy atom. The summed E-state index contributed by atoms with van der Waals surface area (Å²) in [6, 6.07) is 3.97. The smallest absolute Gasteiger partial charge is 0.264 e. The molecule has 0 aliphatic rings. The second-order valence-corrected chi connectivity index (χ2v) is 5.67. The number of rotatable bonds is 6. The molecule has 1 aromatic heterocycles. The Morgan fingerprint density at radius 3 is 2.76 bits per heavy atom. The van der Waals surface area contributed by atoms with Crippen LogP contribution in [0.5, 0.6) is 11.5 Å². The Hall–Kier alpha value is -1.60. The van der Waals surface area contributed by atoms with Gasteiger partial charge in [0.15, 0.2) is 23.9 Å². The van der Waals surface area contributed by atoms with Crippen LogP contribution in [0.15, 0.2) is 21.1 Å². The van der Waals surface area contributed by atoms with Gasteiger partial charge in [-0.3, -0.25) is 0 Å². The third-order valence-electron chi connectivity index (χ3n) is 2.76. The van der Waals surface area contributed by atoms with Crippen LogP contribution in [0.1, 0.15) is 24.2 Å². The number of halogens is 1. The zero-order valence-corrected chi connectivity index (χ0v) is 13.8. The van der Waals surface area contributed by atoms with Crippen LogP contribution >= 0.6 is 15.9 Å². The minimum absolute atomic E-state index is 0.0785. The van der Waals surface area contributed by atoms with E-state index in [1.165, 1.54) is 0 Å². The van der Waals surface area contributed by atoms with Gasteiger partial charge in [0.2, 0.25) is 0 Å². The summed E-state index contributed by atoms with van der Waals surface area (Å²) in [5.41, 5.74) is 6.90. The molecule has 1 unspecified atom stereocenters. The minimum Gasteiger partial charge on any atom is -0.493 e. The lowest BCUT2D eigenvalue weighted by molar-refractivity contribution is 0.232. The molecule has 21 heavy (non-hydrogen) atoms. The molecule has 7 heteroatoms. The van der Waals surface area contributed by atoms with E-state index < -0.39 is 0 Å². The normalized spacial score (nSPS) is 12.2. The van der Waals surface area contributed by atoms with Gasteiger partial charge >= 0.3 is 0 Å². The lowest BCUT2D eigenvalue weighted by atomic mass is 10.1. The number of benzene rings is 1. The van der Waals surface area contributed by atoms with Gasteiger partial charge in [-0.05, 0) is 53.9 Å². The van der Waals surface area contributed by atoms with Gasteiger partial charge in [-0.25, -0.2) is 0 Å². The molecule has 0 saturated heterocycles. The Labute approximate surface area is 131 Å². The number of ether oxygens (including phenoxy) is 2. The number of aryl methyl sites for hydroxylation is 1. The van der Waals surface area contributed by atoms with E-state index in [9.17, 15) is 0 Å². The van der Waals surface area contributed by atoms with E-state index in [0.717, 1.165) is 16.5 Å². The van der Waals surface area contributed by atoms with Crippen molar-refractivity contribution in [2.24, 2.45) is 5.73 Å². The van der Waals surface area contributed by atoms with E-state index >= 15 is 0 Å². The average Bonchev–Trinajstić information content (AvgIpc) is 2.82. The van der Waals surface area contributed by atoms with Crippen LogP contribution in [0.4, 0.5) is 0 Å². The number of hydrogen-bond donors (Lipinski definition) is 1. The fourth-order valence-corrected chi connectivity index (χ4v) is 2.54. The summed E-state index contributed by atoms with van der Waals surface area (Å²) in [6.45, 7) is 3.90. The van der Waals surface area contributed by atoms with E-state index in [0.29, 0.717) is 23.2 Å². The second-order valence-electron chi connectivity index (χ2n) is 4.81. The van der Waals surface area contributed by atoms with E-state index in [4.69, 9.17) is 19.7 Å². The summed E-state index contributed by atoms with van der Waals surface area (Å²) in [6.07, 6.45) is 0.762. The molecule has 6 nitrogen and oxygen atoms in total. The third kappa shape index (κ3) is 4.18. The van der Waals surface area contributed by atoms with Gasteiger partial charge in [0.25, 0.3) is 5.89 Å². The first-order chi connectivity index (χ1) is 9.99. The number of hydrogen-bond acceptors (Lipinski definition) is 6. The first-order valence-corrected chi connectivity index (χ1v) is 7.33. The van der Waals surface area contributed by atoms with Gasteiger partial charge in [-0.1, -0.05) is 5.16 Å². The molecular weight excluding hydrogens is 338 g/mol. The van der Waals surface area contributed by atoms with Gasteiger partial charge in [0, 0.05) is 6.04 Å². The van der Waals surface area contributed by atoms with Crippen LogP contribution in [0.3, 0.4) is 0 Å². The largest absolute Gasteiger partial charge is 0.493 e. The Bertz CT molecular complexity index is 614. The Morgan fingerprint density at radius 2 is 2.19 bits per heavy atom. The van der Waals surface area contributed by atoms with Crippen molar-refractivity contribution >= 4 is 15.9 Å². The third-order valence-corrected chi connectivity index (χ3v) is 3.35. The van der Waals surface area contributed by atoms with Gasteiger partial charge in [0.05, 0.1) is 11.6 Å². The molecule has 0 bridgehead atoms. The predicted molar refractivity (Wildman–Crippen MR) is 81.4 cm³/mol. The van der Waals surface area contributed by atoms with Crippen molar-refractivity contribution in [3.63, 3.8) is 0 Å². The van der Waals surface area contributed by atoms with Crippen LogP contribution < -0.4 is 15.2 Å². The fraction of sp³-hybridized carbons (Fsp3) is 0.429. The van der Waals surface area contributed by atoms with Crippen LogP contribution in [0.25, 0.3) is 0 Å². The molecule has 0 aliphatic heterocycles. The average molecular weight is 356 g/mol. The van der Waals surface area contributed by atoms with Crippen molar-refractivity contribution in [2.45, 2.75) is 32.9 Å². The van der Waals surface area contributed by atoms with E-state index in [2.05, 4.69) is 26.1 Å². The SMILES string of the molecule is COc1cc(CC(C)N)cc(Br)c1OCc1nc(C)no1. The summed E-state index contributed by atoms with van der Waals surface area (Å²) in [7, 11) is 1.60. The van der Waals surface area contributed by atoms with Crippen molar-refractivity contribution in [1.29, 1.82) is 0 Å². The molecule has 0 aliphatic carbocycles. The highest BCUT2D eigenvalue weighted by atomic mass is 79.9. The highest BCUT2D eigenvalue weighted by Gasteiger charge is 2.14. The molecule has 114 valence electrons. The number of aromatic nitrogens is 2. The molecule has 2 aromatic rings. The molecule has 1 aromatic carbocycles. The van der Waals surface area contributed by atoms with Crippen molar-refractivity contribution in [2.75, 3.05) is 7.11 Å². The molecule has 2 N–H and O–H groups in total. The van der Waals surface area contributed by atoms with Crippen molar-refractivity contribution in [3.8, 4) is 11.5 Å². The molecule has 1 atom stereocenters. The highest BCUT2D eigenvalue weighted by molar-refractivity contribution is 9.10. The Balaban J connectivity index is 2.18. The van der Waals surface area contributed by atoms with Gasteiger partial charge in [-0.2, -0.15) is 4.98 Å². The minimum atomic E-state index is 0.0785. The van der Waals surface area contributed by atoms with Crippen molar-refractivity contribution in [1.82, 2.24) is 10.1 Å². The summed E-state index contributed by atoms with van der Waals surface area (Å²) in [5.74, 6) is 2.23. The fourth-order valence-electron chi connectivity index (χ4n) is 1.94. The van der Waals surface area contributed by atoms with E-state index in [1.807, 2.05) is 19.1 Å². The van der Waals surface area contributed by atoms with Crippen LogP contribution in [0.2, 0.25) is 0 Å². The predicted octanol–water partition coefficient (Wildman–Crippen LogP) is 2.62. The van der Waals surface area contributed by atoms with E-state index in [-0.39, 0.29) is 12.6 Å².